The lowest BCUT2D eigenvalue weighted by molar-refractivity contribution is -0.132. The summed E-state index contributed by atoms with van der Waals surface area (Å²) < 4.78 is 30.8. The summed E-state index contributed by atoms with van der Waals surface area (Å²) in [6, 6.07) is 4.77. The number of nitrogens with zero attached hydrogens (tertiary/aromatic N) is 3. The molecule has 3 rings (SSSR count). The van der Waals surface area contributed by atoms with Gasteiger partial charge in [0.25, 0.3) is 6.43 Å². The van der Waals surface area contributed by atoms with Crippen molar-refractivity contribution >= 4 is 34.3 Å². The summed E-state index contributed by atoms with van der Waals surface area (Å²) in [7, 11) is 0. The number of nitrogens with one attached hydrogen (secondary N) is 2. The topological polar surface area (TPSA) is 102 Å². The van der Waals surface area contributed by atoms with Gasteiger partial charge in [-0.05, 0) is 12.1 Å². The van der Waals surface area contributed by atoms with Crippen LogP contribution < -0.4 is 10.6 Å². The summed E-state index contributed by atoms with van der Waals surface area (Å²) in [5, 5.41) is 8.36. The van der Waals surface area contributed by atoms with Gasteiger partial charge in [-0.3, -0.25) is 14.3 Å². The van der Waals surface area contributed by atoms with E-state index >= 15 is 0 Å². The maximum atomic E-state index is 12.3. The molecule has 130 valence electrons. The predicted octanol–water partition coefficient (Wildman–Crippen LogP) is 2.18. The number of hydrogen-bond donors (Lipinski definition) is 2. The maximum absolute atomic E-state index is 12.3. The second-order valence-corrected chi connectivity index (χ2v) is 5.17. The van der Waals surface area contributed by atoms with Gasteiger partial charge in [-0.15, -0.1) is 0 Å². The van der Waals surface area contributed by atoms with E-state index in [1.807, 2.05) is 0 Å². The van der Waals surface area contributed by atoms with Crippen molar-refractivity contribution in [2.24, 2.45) is 0 Å². The van der Waals surface area contributed by atoms with Crippen molar-refractivity contribution in [1.29, 1.82) is 0 Å². The van der Waals surface area contributed by atoms with E-state index in [4.69, 9.17) is 4.42 Å². The normalized spacial score (nSPS) is 11.0. The van der Waals surface area contributed by atoms with Crippen LogP contribution in [0, 0.1) is 6.92 Å². The van der Waals surface area contributed by atoms with Crippen LogP contribution in [0.3, 0.4) is 0 Å². The number of anilines is 2. The fraction of sp³-hybridized carbons (Fsp3) is 0.200. The molecule has 0 aliphatic heterocycles. The number of amides is 2. The van der Waals surface area contributed by atoms with Gasteiger partial charge in [0.05, 0.1) is 11.9 Å². The van der Waals surface area contributed by atoms with Crippen molar-refractivity contribution in [1.82, 2.24) is 14.8 Å². The number of rotatable bonds is 4. The summed E-state index contributed by atoms with van der Waals surface area (Å²) in [4.78, 5) is 27.9. The van der Waals surface area contributed by atoms with Gasteiger partial charge in [0.15, 0.2) is 11.5 Å². The molecule has 0 unspecified atom stereocenters. The molecular weight excluding hydrogens is 336 g/mol. The molecule has 8 nitrogen and oxygen atoms in total. The van der Waals surface area contributed by atoms with Crippen LogP contribution in [0.1, 0.15) is 5.89 Å². The zero-order chi connectivity index (χ0) is 18.0. The van der Waals surface area contributed by atoms with Crippen molar-refractivity contribution in [2.45, 2.75) is 19.9 Å². The van der Waals surface area contributed by atoms with E-state index in [0.29, 0.717) is 22.7 Å². The van der Waals surface area contributed by atoms with Crippen molar-refractivity contribution in [3.05, 3.63) is 36.5 Å². The summed E-state index contributed by atoms with van der Waals surface area (Å²) in [6.07, 6.45) is -0.182. The van der Waals surface area contributed by atoms with Crippen LogP contribution >= 0.6 is 0 Å². The highest BCUT2D eigenvalue weighted by atomic mass is 19.3. The third-order valence-electron chi connectivity index (χ3n) is 3.18. The zero-order valence-corrected chi connectivity index (χ0v) is 13.0. The highest BCUT2D eigenvalue weighted by Gasteiger charge is 2.16. The molecule has 25 heavy (non-hydrogen) atoms. The Morgan fingerprint density at radius 3 is 2.68 bits per heavy atom. The molecule has 0 aliphatic rings. The average Bonchev–Trinajstić information content (AvgIpc) is 3.11. The van der Waals surface area contributed by atoms with Gasteiger partial charge in [-0.25, -0.2) is 13.8 Å². The minimum Gasteiger partial charge on any atom is -0.441 e. The molecule has 0 atom stereocenters. The smallest absolute Gasteiger partial charge is 0.314 e. The Hall–Kier alpha value is -3.30. The lowest BCUT2D eigenvalue weighted by Crippen LogP contribution is -2.28. The van der Waals surface area contributed by atoms with Gasteiger partial charge in [0.1, 0.15) is 12.1 Å². The number of carbonyl (C=O) groups excluding carboxylic acids is 2. The highest BCUT2D eigenvalue weighted by Crippen LogP contribution is 2.19. The molecule has 3 aromatic rings. The van der Waals surface area contributed by atoms with Crippen LogP contribution in [0.5, 0.6) is 0 Å². The number of halogens is 2. The molecule has 0 fully saturated rings. The van der Waals surface area contributed by atoms with Gasteiger partial charge in [0.2, 0.25) is 0 Å². The maximum Gasteiger partial charge on any atom is 0.314 e. The minimum absolute atomic E-state index is 0.141. The van der Waals surface area contributed by atoms with E-state index in [1.165, 1.54) is 12.4 Å². The number of fused-ring (bicyclic) bond motifs is 1. The second kappa shape index (κ2) is 6.67. The average molecular weight is 349 g/mol. The van der Waals surface area contributed by atoms with Crippen molar-refractivity contribution in [3.63, 3.8) is 0 Å². The monoisotopic (exact) mass is 349 g/mol. The Morgan fingerprint density at radius 2 is 1.96 bits per heavy atom. The van der Waals surface area contributed by atoms with Crippen molar-refractivity contribution < 1.29 is 22.8 Å². The Bertz CT molecular complexity index is 934. The van der Waals surface area contributed by atoms with Crippen LogP contribution in [0.15, 0.2) is 35.0 Å². The molecule has 2 aromatic heterocycles. The van der Waals surface area contributed by atoms with Crippen LogP contribution in [0.2, 0.25) is 0 Å². The highest BCUT2D eigenvalue weighted by molar-refractivity contribution is 6.43. The Balaban J connectivity index is 1.63. The first kappa shape index (κ1) is 16.6. The first-order chi connectivity index (χ1) is 11.9. The SMILES string of the molecule is Cc1nc2ccc(NC(=O)C(=O)Nc3cnn(CC(F)F)c3)cc2o1. The van der Waals surface area contributed by atoms with Crippen molar-refractivity contribution in [2.75, 3.05) is 10.6 Å². The second-order valence-electron chi connectivity index (χ2n) is 5.17. The molecule has 0 saturated carbocycles. The van der Waals surface area contributed by atoms with E-state index in [-0.39, 0.29) is 5.69 Å². The molecule has 10 heteroatoms. The number of aryl methyl sites for hydroxylation is 1. The van der Waals surface area contributed by atoms with E-state index < -0.39 is 24.8 Å². The Labute approximate surface area is 139 Å². The fourth-order valence-corrected chi connectivity index (χ4v) is 2.16. The van der Waals surface area contributed by atoms with Crippen LogP contribution in [-0.2, 0) is 16.1 Å². The van der Waals surface area contributed by atoms with Crippen molar-refractivity contribution in [3.8, 4) is 0 Å². The molecule has 2 heterocycles. The first-order valence-electron chi connectivity index (χ1n) is 7.21. The standard InChI is InChI=1S/C15H13F2N5O3/c1-8-19-11-3-2-9(4-12(11)25-8)20-14(23)15(24)21-10-5-18-22(6-10)7-13(16)17/h2-6,13H,7H2,1H3,(H,20,23)(H,21,24). The quantitative estimate of drug-likeness (QED) is 0.703. The van der Waals surface area contributed by atoms with E-state index in [9.17, 15) is 18.4 Å². The molecule has 1 aromatic carbocycles. The van der Waals surface area contributed by atoms with Crippen LogP contribution in [-0.4, -0.2) is 33.0 Å². The summed E-state index contributed by atoms with van der Waals surface area (Å²) in [5.41, 5.74) is 1.61. The van der Waals surface area contributed by atoms with Gasteiger partial charge in [-0.1, -0.05) is 0 Å². The number of aromatic nitrogens is 3. The number of hydrogen-bond acceptors (Lipinski definition) is 5. The lowest BCUT2D eigenvalue weighted by Gasteiger charge is -2.05. The number of carbonyl (C=O) groups is 2. The number of alkyl halides is 2. The molecule has 0 spiro atoms. The largest absolute Gasteiger partial charge is 0.441 e. The van der Waals surface area contributed by atoms with Gasteiger partial charge in [0, 0.05) is 24.9 Å². The van der Waals surface area contributed by atoms with E-state index in [1.54, 1.807) is 25.1 Å². The van der Waals surface area contributed by atoms with Crippen LogP contribution in [0.4, 0.5) is 20.2 Å². The molecule has 0 radical (unpaired) electrons. The first-order valence-corrected chi connectivity index (χ1v) is 7.21. The molecule has 0 bridgehead atoms. The summed E-state index contributed by atoms with van der Waals surface area (Å²) in [5.74, 6) is -1.39. The van der Waals surface area contributed by atoms with Gasteiger partial charge < -0.3 is 15.1 Å². The molecule has 2 amide bonds. The minimum atomic E-state index is -2.57. The predicted molar refractivity (Wildman–Crippen MR) is 84.2 cm³/mol. The molecule has 2 N–H and O–H groups in total. The Morgan fingerprint density at radius 1 is 1.24 bits per heavy atom. The molecule has 0 saturated heterocycles. The summed E-state index contributed by atoms with van der Waals surface area (Å²) >= 11 is 0. The lowest BCUT2D eigenvalue weighted by atomic mass is 10.3. The third-order valence-corrected chi connectivity index (χ3v) is 3.18. The van der Waals surface area contributed by atoms with Gasteiger partial charge in [-0.2, -0.15) is 5.10 Å². The molecular formula is C15H13F2N5O3. The fourth-order valence-electron chi connectivity index (χ4n) is 2.16. The summed E-state index contributed by atoms with van der Waals surface area (Å²) in [6.45, 7) is 1.10. The number of benzene rings is 1. The third kappa shape index (κ3) is 3.97. The van der Waals surface area contributed by atoms with E-state index in [2.05, 4.69) is 20.7 Å². The molecule has 0 aliphatic carbocycles. The van der Waals surface area contributed by atoms with E-state index in [0.717, 1.165) is 4.68 Å². The van der Waals surface area contributed by atoms with Crippen LogP contribution in [0.25, 0.3) is 11.1 Å². The van der Waals surface area contributed by atoms with Gasteiger partial charge >= 0.3 is 11.8 Å². The Kier molecular flexibility index (Phi) is 4.42. The number of oxazole rings is 1. The zero-order valence-electron chi connectivity index (χ0n) is 13.0.